The highest BCUT2D eigenvalue weighted by Crippen LogP contribution is 2.19. The van der Waals surface area contributed by atoms with Gasteiger partial charge in [-0.3, -0.25) is 9.89 Å². The van der Waals surface area contributed by atoms with E-state index in [2.05, 4.69) is 26.1 Å². The Hall–Kier alpha value is -2.87. The normalized spacial score (nSPS) is 19.6. The van der Waals surface area contributed by atoms with Crippen LogP contribution >= 0.6 is 0 Å². The minimum absolute atomic E-state index is 0.0161. The number of aromatic amines is 1. The molecule has 1 aromatic carbocycles. The van der Waals surface area contributed by atoms with E-state index in [4.69, 9.17) is 0 Å². The molecule has 1 aliphatic carbocycles. The number of H-pyrrole nitrogens is 1. The number of rotatable bonds is 5. The average molecular weight is 357 g/mol. The minimum atomic E-state index is -0.412. The molecule has 0 saturated heterocycles. The lowest BCUT2D eigenvalue weighted by molar-refractivity contribution is 0.0864. The van der Waals surface area contributed by atoms with Crippen LogP contribution in [0.2, 0.25) is 0 Å². The molecule has 0 unspecified atom stereocenters. The van der Waals surface area contributed by atoms with Crippen LogP contribution in [0.4, 0.5) is 10.5 Å². The summed E-state index contributed by atoms with van der Waals surface area (Å²) >= 11 is 0. The number of amides is 3. The van der Waals surface area contributed by atoms with Gasteiger partial charge in [0.25, 0.3) is 5.91 Å². The van der Waals surface area contributed by atoms with E-state index >= 15 is 0 Å². The molecule has 1 aromatic heterocycles. The lowest BCUT2D eigenvalue weighted by Gasteiger charge is -2.25. The van der Waals surface area contributed by atoms with Crippen molar-refractivity contribution in [2.45, 2.75) is 44.4 Å². The second-order valence-electron chi connectivity index (χ2n) is 6.42. The Kier molecular flexibility index (Phi) is 5.85. The molecular weight excluding hydrogens is 334 g/mol. The number of hydrogen-bond acceptors (Lipinski definition) is 4. The molecule has 26 heavy (non-hydrogen) atoms. The smallest absolute Gasteiger partial charge is 0.319 e. The van der Waals surface area contributed by atoms with Crippen LogP contribution in [0.25, 0.3) is 0 Å². The second kappa shape index (κ2) is 8.48. The molecule has 1 aliphatic rings. The van der Waals surface area contributed by atoms with Gasteiger partial charge in [0.2, 0.25) is 0 Å². The standard InChI is InChI=1S/C18H23N5O3/c24-14-8-6-13(7-9-14)21-17(25)16-15(11-20-23-16)22-18(26)19-10-12-4-2-1-3-5-12/h1-5,11,13-14,24H,6-10H2,(H,20,23)(H,21,25)(H2,19,22,26). The summed E-state index contributed by atoms with van der Waals surface area (Å²) in [7, 11) is 0. The van der Waals surface area contributed by atoms with E-state index in [0.29, 0.717) is 25.1 Å². The molecular formula is C18H23N5O3. The van der Waals surface area contributed by atoms with Gasteiger partial charge >= 0.3 is 6.03 Å². The van der Waals surface area contributed by atoms with E-state index in [1.807, 2.05) is 30.3 Å². The molecule has 0 atom stereocenters. The third-order valence-electron chi connectivity index (χ3n) is 4.43. The maximum Gasteiger partial charge on any atom is 0.319 e. The number of urea groups is 1. The number of aliphatic hydroxyl groups excluding tert-OH is 1. The third kappa shape index (κ3) is 4.82. The average Bonchev–Trinajstić information content (AvgIpc) is 3.11. The number of hydrogen-bond donors (Lipinski definition) is 5. The highest BCUT2D eigenvalue weighted by atomic mass is 16.3. The van der Waals surface area contributed by atoms with Gasteiger partial charge in [-0.05, 0) is 31.2 Å². The van der Waals surface area contributed by atoms with Gasteiger partial charge in [0.15, 0.2) is 5.69 Å². The number of aromatic nitrogens is 2. The molecule has 1 heterocycles. The Morgan fingerprint density at radius 2 is 1.88 bits per heavy atom. The molecule has 0 aliphatic heterocycles. The van der Waals surface area contributed by atoms with Crippen LogP contribution in [-0.4, -0.2) is 39.4 Å². The lowest BCUT2D eigenvalue weighted by atomic mass is 9.93. The van der Waals surface area contributed by atoms with E-state index in [1.165, 1.54) is 6.20 Å². The zero-order valence-electron chi connectivity index (χ0n) is 14.4. The van der Waals surface area contributed by atoms with Crippen LogP contribution in [-0.2, 0) is 6.54 Å². The van der Waals surface area contributed by atoms with Crippen molar-refractivity contribution in [3.8, 4) is 0 Å². The molecule has 0 bridgehead atoms. The maximum absolute atomic E-state index is 12.4. The number of nitrogens with zero attached hydrogens (tertiary/aromatic N) is 1. The summed E-state index contributed by atoms with van der Waals surface area (Å²) in [6, 6.07) is 9.14. The Labute approximate surface area is 151 Å². The Balaban J connectivity index is 1.52. The summed E-state index contributed by atoms with van der Waals surface area (Å²) in [6.45, 7) is 0.385. The largest absolute Gasteiger partial charge is 0.393 e. The second-order valence-corrected chi connectivity index (χ2v) is 6.42. The SMILES string of the molecule is O=C(NCc1ccccc1)Nc1c[nH]nc1C(=O)NC1CCC(O)CC1. The molecule has 1 fully saturated rings. The lowest BCUT2D eigenvalue weighted by Crippen LogP contribution is -2.39. The van der Waals surface area contributed by atoms with E-state index in [0.717, 1.165) is 18.4 Å². The quantitative estimate of drug-likeness (QED) is 0.560. The Morgan fingerprint density at radius 3 is 2.62 bits per heavy atom. The first kappa shape index (κ1) is 17.9. The summed E-state index contributed by atoms with van der Waals surface area (Å²) in [4.78, 5) is 24.5. The summed E-state index contributed by atoms with van der Waals surface area (Å²) in [5, 5.41) is 24.4. The van der Waals surface area contributed by atoms with Crippen molar-refractivity contribution in [2.75, 3.05) is 5.32 Å². The van der Waals surface area contributed by atoms with Crippen LogP contribution in [0.5, 0.6) is 0 Å². The van der Waals surface area contributed by atoms with Crippen LogP contribution in [0.1, 0.15) is 41.7 Å². The van der Waals surface area contributed by atoms with E-state index in [9.17, 15) is 14.7 Å². The maximum atomic E-state index is 12.4. The van der Waals surface area contributed by atoms with Gasteiger partial charge < -0.3 is 21.1 Å². The zero-order chi connectivity index (χ0) is 18.4. The fourth-order valence-electron chi connectivity index (χ4n) is 2.98. The van der Waals surface area contributed by atoms with Crippen LogP contribution < -0.4 is 16.0 Å². The molecule has 138 valence electrons. The topological polar surface area (TPSA) is 119 Å². The van der Waals surface area contributed by atoms with Gasteiger partial charge in [0.05, 0.1) is 11.8 Å². The molecule has 5 N–H and O–H groups in total. The highest BCUT2D eigenvalue weighted by Gasteiger charge is 2.23. The summed E-state index contributed by atoms with van der Waals surface area (Å²) in [5.41, 5.74) is 1.45. The van der Waals surface area contributed by atoms with Crippen LogP contribution in [0.15, 0.2) is 36.5 Å². The monoisotopic (exact) mass is 357 g/mol. The van der Waals surface area contributed by atoms with E-state index in [1.54, 1.807) is 0 Å². The summed E-state index contributed by atoms with van der Waals surface area (Å²) < 4.78 is 0. The first-order valence-corrected chi connectivity index (χ1v) is 8.73. The number of carbonyl (C=O) groups is 2. The van der Waals surface area contributed by atoms with Gasteiger partial charge in [-0.25, -0.2) is 4.79 Å². The Bertz CT molecular complexity index is 738. The van der Waals surface area contributed by atoms with Gasteiger partial charge in [-0.2, -0.15) is 5.10 Å². The molecule has 3 rings (SSSR count). The first-order valence-electron chi connectivity index (χ1n) is 8.73. The van der Waals surface area contributed by atoms with Gasteiger partial charge in [0.1, 0.15) is 0 Å². The molecule has 1 saturated carbocycles. The molecule has 2 aromatic rings. The summed E-state index contributed by atoms with van der Waals surface area (Å²) in [6.07, 6.45) is 4.02. The number of aliphatic hydroxyl groups is 1. The number of benzene rings is 1. The van der Waals surface area contributed by atoms with E-state index in [-0.39, 0.29) is 23.7 Å². The van der Waals surface area contributed by atoms with Crippen molar-refractivity contribution in [3.05, 3.63) is 47.8 Å². The zero-order valence-corrected chi connectivity index (χ0v) is 14.4. The van der Waals surface area contributed by atoms with Gasteiger partial charge in [0, 0.05) is 18.8 Å². The molecule has 3 amide bonds. The fraction of sp³-hybridized carbons (Fsp3) is 0.389. The predicted molar refractivity (Wildman–Crippen MR) is 96.6 cm³/mol. The van der Waals surface area contributed by atoms with Crippen molar-refractivity contribution < 1.29 is 14.7 Å². The van der Waals surface area contributed by atoms with Crippen molar-refractivity contribution in [1.29, 1.82) is 0 Å². The highest BCUT2D eigenvalue weighted by molar-refractivity contribution is 6.01. The first-order chi connectivity index (χ1) is 12.6. The van der Waals surface area contributed by atoms with Crippen molar-refractivity contribution >= 4 is 17.6 Å². The van der Waals surface area contributed by atoms with Crippen LogP contribution in [0.3, 0.4) is 0 Å². The molecule has 0 radical (unpaired) electrons. The predicted octanol–water partition coefficient (Wildman–Crippen LogP) is 1.76. The molecule has 0 spiro atoms. The van der Waals surface area contributed by atoms with Crippen molar-refractivity contribution in [2.24, 2.45) is 0 Å². The number of nitrogens with one attached hydrogen (secondary N) is 4. The van der Waals surface area contributed by atoms with Crippen LogP contribution in [0, 0.1) is 0 Å². The third-order valence-corrected chi connectivity index (χ3v) is 4.43. The number of anilines is 1. The fourth-order valence-corrected chi connectivity index (χ4v) is 2.98. The van der Waals surface area contributed by atoms with Gasteiger partial charge in [-0.1, -0.05) is 30.3 Å². The Morgan fingerprint density at radius 1 is 1.15 bits per heavy atom. The van der Waals surface area contributed by atoms with Crippen molar-refractivity contribution in [3.63, 3.8) is 0 Å². The minimum Gasteiger partial charge on any atom is -0.393 e. The number of carbonyl (C=O) groups excluding carboxylic acids is 2. The van der Waals surface area contributed by atoms with Gasteiger partial charge in [-0.15, -0.1) is 0 Å². The molecule has 8 heteroatoms. The molecule has 8 nitrogen and oxygen atoms in total. The summed E-state index contributed by atoms with van der Waals surface area (Å²) in [5.74, 6) is -0.342. The van der Waals surface area contributed by atoms with Crippen molar-refractivity contribution in [1.82, 2.24) is 20.8 Å². The van der Waals surface area contributed by atoms with E-state index < -0.39 is 6.03 Å².